The van der Waals surface area contributed by atoms with Crippen LogP contribution in [0.2, 0.25) is 0 Å². The molecule has 2 aromatic heterocycles. The van der Waals surface area contributed by atoms with Crippen LogP contribution >= 0.6 is 0 Å². The van der Waals surface area contributed by atoms with E-state index in [0.717, 1.165) is 12.1 Å². The number of hydrogen-bond acceptors (Lipinski definition) is 5. The first-order chi connectivity index (χ1) is 14.3. The van der Waals surface area contributed by atoms with Gasteiger partial charge in [-0.2, -0.15) is 0 Å². The highest BCUT2D eigenvalue weighted by atomic mass is 32.2. The van der Waals surface area contributed by atoms with Crippen molar-refractivity contribution < 1.29 is 26.7 Å². The lowest BCUT2D eigenvalue weighted by atomic mass is 9.99. The van der Waals surface area contributed by atoms with Crippen molar-refractivity contribution in [3.63, 3.8) is 0 Å². The number of halogens is 2. The minimum atomic E-state index is -3.76. The highest BCUT2D eigenvalue weighted by Gasteiger charge is 2.28. The minimum absolute atomic E-state index is 0.179. The summed E-state index contributed by atoms with van der Waals surface area (Å²) in [5.74, 6) is -1.57. The van der Waals surface area contributed by atoms with E-state index in [9.17, 15) is 12.8 Å². The standard InChI is InChI=1S/C20H23F2N3O4S/c1-4-8-30(26,27)25-16-7-6-15(21)17(18(16)22)19(28-3)14-11-24-20-13(14)9-12(10-23-20)29-5-2/h6-7,9-11,19,25H,4-5,8H2,1-3H3,(H,23,24). The number of hydrogen-bond donors (Lipinski definition) is 2. The summed E-state index contributed by atoms with van der Waals surface area (Å²) in [6.07, 6.45) is 2.30. The number of H-pyrrole nitrogens is 1. The molecular weight excluding hydrogens is 416 g/mol. The highest BCUT2D eigenvalue weighted by Crippen LogP contribution is 2.37. The number of benzene rings is 1. The molecular formula is C20H23F2N3O4S. The van der Waals surface area contributed by atoms with Gasteiger partial charge in [0.15, 0.2) is 5.82 Å². The summed E-state index contributed by atoms with van der Waals surface area (Å²) in [5, 5.41) is 0.573. The Labute approximate surface area is 173 Å². The number of methoxy groups -OCH3 is 1. The fraction of sp³-hybridized carbons (Fsp3) is 0.350. The smallest absolute Gasteiger partial charge is 0.232 e. The topological polar surface area (TPSA) is 93.3 Å². The second-order valence-electron chi connectivity index (χ2n) is 6.60. The molecule has 0 aliphatic heterocycles. The Kier molecular flexibility index (Phi) is 6.57. The first-order valence-electron chi connectivity index (χ1n) is 9.42. The number of fused-ring (bicyclic) bond motifs is 1. The van der Waals surface area contributed by atoms with E-state index >= 15 is 4.39 Å². The van der Waals surface area contributed by atoms with Crippen molar-refractivity contribution in [2.45, 2.75) is 26.4 Å². The van der Waals surface area contributed by atoms with Gasteiger partial charge in [0, 0.05) is 24.3 Å². The average Bonchev–Trinajstić information content (AvgIpc) is 3.10. The van der Waals surface area contributed by atoms with Crippen LogP contribution in [0.4, 0.5) is 14.5 Å². The summed E-state index contributed by atoms with van der Waals surface area (Å²) in [4.78, 5) is 7.19. The zero-order chi connectivity index (χ0) is 21.9. The van der Waals surface area contributed by atoms with Crippen molar-refractivity contribution in [1.29, 1.82) is 0 Å². The zero-order valence-electron chi connectivity index (χ0n) is 16.8. The van der Waals surface area contributed by atoms with Crippen molar-refractivity contribution in [2.24, 2.45) is 0 Å². The Morgan fingerprint density at radius 1 is 1.27 bits per heavy atom. The van der Waals surface area contributed by atoms with Crippen LogP contribution in [-0.4, -0.2) is 37.9 Å². The van der Waals surface area contributed by atoms with E-state index in [1.165, 1.54) is 13.3 Å². The van der Waals surface area contributed by atoms with E-state index in [4.69, 9.17) is 9.47 Å². The Balaban J connectivity index is 2.10. The number of aromatic nitrogens is 2. The van der Waals surface area contributed by atoms with Crippen molar-refractivity contribution in [1.82, 2.24) is 9.97 Å². The maximum Gasteiger partial charge on any atom is 0.232 e. The van der Waals surface area contributed by atoms with Crippen LogP contribution in [-0.2, 0) is 14.8 Å². The van der Waals surface area contributed by atoms with Gasteiger partial charge >= 0.3 is 0 Å². The third kappa shape index (κ3) is 4.39. The van der Waals surface area contributed by atoms with E-state index in [-0.39, 0.29) is 11.4 Å². The molecule has 1 unspecified atom stereocenters. The molecule has 3 aromatic rings. The van der Waals surface area contributed by atoms with Crippen molar-refractivity contribution in [2.75, 3.05) is 24.2 Å². The summed E-state index contributed by atoms with van der Waals surface area (Å²) in [6.45, 7) is 3.95. The van der Waals surface area contributed by atoms with Crippen molar-refractivity contribution in [3.8, 4) is 5.75 Å². The minimum Gasteiger partial charge on any atom is -0.492 e. The molecule has 0 spiro atoms. The SMILES string of the molecule is CCCS(=O)(=O)Nc1ccc(F)c(C(OC)c2c[nH]c3ncc(OCC)cc23)c1F. The third-order valence-corrected chi connectivity index (χ3v) is 5.97. The second-order valence-corrected chi connectivity index (χ2v) is 8.45. The van der Waals surface area contributed by atoms with Gasteiger partial charge in [-0.15, -0.1) is 0 Å². The molecule has 162 valence electrons. The molecule has 2 heterocycles. The molecule has 2 N–H and O–H groups in total. The first kappa shape index (κ1) is 22.0. The molecule has 0 saturated heterocycles. The molecule has 3 rings (SSSR count). The van der Waals surface area contributed by atoms with Crippen LogP contribution in [0.1, 0.15) is 37.5 Å². The fourth-order valence-electron chi connectivity index (χ4n) is 3.24. The molecule has 0 bridgehead atoms. The van der Waals surface area contributed by atoms with Gasteiger partial charge in [-0.1, -0.05) is 6.92 Å². The van der Waals surface area contributed by atoms with E-state index in [0.29, 0.717) is 35.4 Å². The van der Waals surface area contributed by atoms with Gasteiger partial charge in [-0.25, -0.2) is 22.2 Å². The largest absolute Gasteiger partial charge is 0.492 e. The maximum absolute atomic E-state index is 15.2. The predicted octanol–water partition coefficient (Wildman–Crippen LogP) is 4.13. The molecule has 7 nitrogen and oxygen atoms in total. The van der Waals surface area contributed by atoms with E-state index in [2.05, 4.69) is 14.7 Å². The number of sulfonamides is 1. The lowest BCUT2D eigenvalue weighted by molar-refractivity contribution is 0.130. The predicted molar refractivity (Wildman–Crippen MR) is 110 cm³/mol. The number of nitrogens with zero attached hydrogens (tertiary/aromatic N) is 1. The van der Waals surface area contributed by atoms with Crippen LogP contribution in [0.25, 0.3) is 11.0 Å². The van der Waals surface area contributed by atoms with E-state index in [1.54, 1.807) is 19.2 Å². The molecule has 0 radical (unpaired) electrons. The zero-order valence-corrected chi connectivity index (χ0v) is 17.6. The van der Waals surface area contributed by atoms with Gasteiger partial charge in [-0.05, 0) is 31.5 Å². The Morgan fingerprint density at radius 2 is 2.03 bits per heavy atom. The second kappa shape index (κ2) is 8.97. The Bertz CT molecular complexity index is 1150. The molecule has 0 aliphatic rings. The van der Waals surface area contributed by atoms with Gasteiger partial charge in [0.1, 0.15) is 23.3 Å². The van der Waals surface area contributed by atoms with Crippen LogP contribution in [0, 0.1) is 11.6 Å². The first-order valence-corrected chi connectivity index (χ1v) is 11.1. The van der Waals surface area contributed by atoms with E-state index < -0.39 is 33.3 Å². The van der Waals surface area contributed by atoms with E-state index in [1.807, 2.05) is 6.92 Å². The maximum atomic E-state index is 15.2. The lowest BCUT2D eigenvalue weighted by Gasteiger charge is -2.19. The summed E-state index contributed by atoms with van der Waals surface area (Å²) >= 11 is 0. The summed E-state index contributed by atoms with van der Waals surface area (Å²) in [6, 6.07) is 3.76. The summed E-state index contributed by atoms with van der Waals surface area (Å²) < 4.78 is 67.1. The normalized spacial score (nSPS) is 12.8. The molecule has 1 atom stereocenters. The monoisotopic (exact) mass is 439 g/mol. The number of ether oxygens (including phenoxy) is 2. The van der Waals surface area contributed by atoms with Gasteiger partial charge in [-0.3, -0.25) is 4.72 Å². The van der Waals surface area contributed by atoms with Crippen LogP contribution in [0.3, 0.4) is 0 Å². The van der Waals surface area contributed by atoms with Gasteiger partial charge in [0.05, 0.1) is 29.8 Å². The van der Waals surface area contributed by atoms with Gasteiger partial charge < -0.3 is 14.5 Å². The summed E-state index contributed by atoms with van der Waals surface area (Å²) in [7, 11) is -2.44. The van der Waals surface area contributed by atoms with Crippen molar-refractivity contribution in [3.05, 3.63) is 53.4 Å². The molecule has 0 amide bonds. The Hall–Kier alpha value is -2.72. The molecule has 0 saturated carbocycles. The molecule has 0 aliphatic carbocycles. The number of anilines is 1. The van der Waals surface area contributed by atoms with Gasteiger partial charge in [0.2, 0.25) is 10.0 Å². The molecule has 0 fully saturated rings. The average molecular weight is 439 g/mol. The van der Waals surface area contributed by atoms with Crippen LogP contribution < -0.4 is 9.46 Å². The van der Waals surface area contributed by atoms with Crippen LogP contribution in [0.5, 0.6) is 5.75 Å². The molecule has 1 aromatic carbocycles. The molecule has 10 heteroatoms. The summed E-state index contributed by atoms with van der Waals surface area (Å²) in [5.41, 5.74) is 0.191. The number of rotatable bonds is 9. The van der Waals surface area contributed by atoms with Gasteiger partial charge in [0.25, 0.3) is 0 Å². The number of nitrogens with one attached hydrogen (secondary N) is 2. The van der Waals surface area contributed by atoms with Crippen molar-refractivity contribution >= 4 is 26.7 Å². The molecule has 30 heavy (non-hydrogen) atoms. The number of aromatic amines is 1. The Morgan fingerprint density at radius 3 is 2.70 bits per heavy atom. The number of pyridine rings is 1. The van der Waals surface area contributed by atoms with Crippen LogP contribution in [0.15, 0.2) is 30.6 Å². The lowest BCUT2D eigenvalue weighted by Crippen LogP contribution is -2.18. The third-order valence-electron chi connectivity index (χ3n) is 4.49. The highest BCUT2D eigenvalue weighted by molar-refractivity contribution is 7.92. The quantitative estimate of drug-likeness (QED) is 0.523. The fourth-order valence-corrected chi connectivity index (χ4v) is 4.38.